The summed E-state index contributed by atoms with van der Waals surface area (Å²) in [5, 5.41) is 10.9. The molecule has 2 saturated heterocycles. The third kappa shape index (κ3) is 3.26. The van der Waals surface area contributed by atoms with E-state index < -0.39 is 22.4 Å². The summed E-state index contributed by atoms with van der Waals surface area (Å²) < 4.78 is 40.0. The molecule has 0 aliphatic carbocycles. The van der Waals surface area contributed by atoms with Crippen LogP contribution in [0.15, 0.2) is 18.2 Å². The molecule has 0 atom stereocenters. The Kier molecular flexibility index (Phi) is 3.95. The molecule has 1 aromatic carbocycles. The smallest absolute Gasteiger partial charge is 0.360 e. The number of nitro benzene ring substituents is 1. The highest BCUT2D eigenvalue weighted by molar-refractivity contribution is 5.56. The number of quaternary nitrogens is 1. The standard InChI is InChI=1S/C15H19F3N3O2/c16-15(17,18)12-9-13(11-14(10-12)20(22)23)19-3-7-21(8-4-19)5-1-2-6-21/h9-11H,1-8H2/q+1. The summed E-state index contributed by atoms with van der Waals surface area (Å²) in [6.45, 7) is 5.33. The number of hydrogen-bond donors (Lipinski definition) is 0. The Labute approximate surface area is 132 Å². The normalized spacial score (nSPS) is 20.9. The second-order valence-electron chi connectivity index (χ2n) is 6.42. The number of rotatable bonds is 2. The highest BCUT2D eigenvalue weighted by Gasteiger charge is 2.37. The Balaban J connectivity index is 1.85. The Morgan fingerprint density at radius 3 is 2.17 bits per heavy atom. The maximum atomic E-state index is 13.0. The summed E-state index contributed by atoms with van der Waals surface area (Å²) in [7, 11) is 0. The second-order valence-corrected chi connectivity index (χ2v) is 6.42. The van der Waals surface area contributed by atoms with E-state index in [2.05, 4.69) is 0 Å². The minimum atomic E-state index is -4.58. The maximum absolute atomic E-state index is 13.0. The van der Waals surface area contributed by atoms with E-state index in [1.54, 1.807) is 0 Å². The number of alkyl halides is 3. The second kappa shape index (κ2) is 5.67. The maximum Gasteiger partial charge on any atom is 0.416 e. The van der Waals surface area contributed by atoms with Gasteiger partial charge in [0.1, 0.15) is 0 Å². The number of nitro groups is 1. The van der Waals surface area contributed by atoms with Gasteiger partial charge in [0, 0.05) is 30.7 Å². The van der Waals surface area contributed by atoms with Gasteiger partial charge in [0.2, 0.25) is 0 Å². The summed E-state index contributed by atoms with van der Waals surface area (Å²) in [5.41, 5.74) is -1.17. The van der Waals surface area contributed by atoms with E-state index in [4.69, 9.17) is 0 Å². The number of benzene rings is 1. The molecule has 0 aromatic heterocycles. The van der Waals surface area contributed by atoms with Crippen LogP contribution in [0.1, 0.15) is 18.4 Å². The minimum absolute atomic E-state index is 0.295. The summed E-state index contributed by atoms with van der Waals surface area (Å²) >= 11 is 0. The molecule has 2 aliphatic heterocycles. The third-order valence-electron chi connectivity index (χ3n) is 5.01. The van der Waals surface area contributed by atoms with E-state index in [-0.39, 0.29) is 0 Å². The topological polar surface area (TPSA) is 46.4 Å². The van der Waals surface area contributed by atoms with Crippen LogP contribution in [0.4, 0.5) is 24.5 Å². The minimum Gasteiger partial charge on any atom is -0.360 e. The van der Waals surface area contributed by atoms with Crippen molar-refractivity contribution in [3.63, 3.8) is 0 Å². The number of nitrogens with zero attached hydrogens (tertiary/aromatic N) is 3. The van der Waals surface area contributed by atoms with E-state index in [0.29, 0.717) is 24.8 Å². The molecule has 0 saturated carbocycles. The molecule has 1 spiro atoms. The molecule has 5 nitrogen and oxygen atoms in total. The molecular weight excluding hydrogens is 311 g/mol. The van der Waals surface area contributed by atoms with Crippen LogP contribution in [0.25, 0.3) is 0 Å². The predicted molar refractivity (Wildman–Crippen MR) is 79.3 cm³/mol. The van der Waals surface area contributed by atoms with Crippen molar-refractivity contribution < 1.29 is 22.6 Å². The van der Waals surface area contributed by atoms with Gasteiger partial charge < -0.3 is 9.38 Å². The first-order valence-corrected chi connectivity index (χ1v) is 7.76. The zero-order valence-electron chi connectivity index (χ0n) is 12.7. The Morgan fingerprint density at radius 2 is 1.65 bits per heavy atom. The highest BCUT2D eigenvalue weighted by atomic mass is 19.4. The average molecular weight is 330 g/mol. The fourth-order valence-corrected chi connectivity index (χ4v) is 3.65. The Morgan fingerprint density at radius 1 is 1.04 bits per heavy atom. The lowest BCUT2D eigenvalue weighted by molar-refractivity contribution is -0.917. The quantitative estimate of drug-likeness (QED) is 0.476. The van der Waals surface area contributed by atoms with Crippen LogP contribution in [-0.4, -0.2) is 48.7 Å². The summed E-state index contributed by atoms with van der Waals surface area (Å²) in [6.07, 6.45) is -2.18. The van der Waals surface area contributed by atoms with Crippen LogP contribution in [0, 0.1) is 10.1 Å². The van der Waals surface area contributed by atoms with Gasteiger partial charge in [-0.2, -0.15) is 13.2 Å². The van der Waals surface area contributed by atoms with Crippen LogP contribution in [0.2, 0.25) is 0 Å². The molecule has 2 aliphatic rings. The van der Waals surface area contributed by atoms with Crippen molar-refractivity contribution in [1.29, 1.82) is 0 Å². The van der Waals surface area contributed by atoms with E-state index in [1.165, 1.54) is 18.9 Å². The zero-order chi connectivity index (χ0) is 16.7. The third-order valence-corrected chi connectivity index (χ3v) is 5.01. The largest absolute Gasteiger partial charge is 0.416 e. The molecule has 2 fully saturated rings. The van der Waals surface area contributed by atoms with Gasteiger partial charge in [0.05, 0.1) is 49.8 Å². The number of halogens is 3. The SMILES string of the molecule is O=[N+]([O-])c1cc(N2CC[N+]3(CCCC3)CC2)cc(C(F)(F)F)c1. The van der Waals surface area contributed by atoms with Gasteiger partial charge in [-0.3, -0.25) is 10.1 Å². The van der Waals surface area contributed by atoms with Crippen molar-refractivity contribution in [2.45, 2.75) is 19.0 Å². The van der Waals surface area contributed by atoms with E-state index >= 15 is 0 Å². The van der Waals surface area contributed by atoms with Crippen LogP contribution in [-0.2, 0) is 6.18 Å². The Hall–Kier alpha value is -1.83. The molecule has 2 heterocycles. The average Bonchev–Trinajstić information content (AvgIpc) is 2.95. The monoisotopic (exact) mass is 330 g/mol. The number of piperazine rings is 1. The fraction of sp³-hybridized carbons (Fsp3) is 0.600. The first-order chi connectivity index (χ1) is 10.8. The molecule has 3 rings (SSSR count). The first-order valence-electron chi connectivity index (χ1n) is 7.76. The molecule has 0 unspecified atom stereocenters. The van der Waals surface area contributed by atoms with Crippen LogP contribution < -0.4 is 4.90 Å². The van der Waals surface area contributed by atoms with Gasteiger partial charge >= 0.3 is 6.18 Å². The van der Waals surface area contributed by atoms with Gasteiger partial charge in [0.15, 0.2) is 0 Å². The van der Waals surface area contributed by atoms with Gasteiger partial charge in [-0.15, -0.1) is 0 Å². The lowest BCUT2D eigenvalue weighted by atomic mass is 10.1. The molecule has 23 heavy (non-hydrogen) atoms. The lowest BCUT2D eigenvalue weighted by Gasteiger charge is -2.42. The first kappa shape index (κ1) is 16.0. The van der Waals surface area contributed by atoms with Crippen molar-refractivity contribution in [3.05, 3.63) is 33.9 Å². The van der Waals surface area contributed by atoms with Crippen molar-refractivity contribution in [2.24, 2.45) is 0 Å². The molecule has 0 bridgehead atoms. The number of non-ortho nitro benzene ring substituents is 1. The predicted octanol–water partition coefficient (Wildman–Crippen LogP) is 3.04. The van der Waals surface area contributed by atoms with E-state index in [1.807, 2.05) is 4.90 Å². The molecule has 126 valence electrons. The molecule has 8 heteroatoms. The van der Waals surface area contributed by atoms with Crippen molar-refractivity contribution in [1.82, 2.24) is 0 Å². The molecular formula is C15H19F3N3O2+. The van der Waals surface area contributed by atoms with Gasteiger partial charge in [-0.1, -0.05) is 0 Å². The van der Waals surface area contributed by atoms with Crippen molar-refractivity contribution in [2.75, 3.05) is 44.2 Å². The Bertz CT molecular complexity index is 602. The zero-order valence-corrected chi connectivity index (χ0v) is 12.7. The summed E-state index contributed by atoms with van der Waals surface area (Å²) in [6, 6.07) is 2.86. The van der Waals surface area contributed by atoms with Crippen molar-refractivity contribution in [3.8, 4) is 0 Å². The van der Waals surface area contributed by atoms with Gasteiger partial charge in [-0.05, 0) is 6.07 Å². The van der Waals surface area contributed by atoms with Crippen LogP contribution in [0.3, 0.4) is 0 Å². The fourth-order valence-electron chi connectivity index (χ4n) is 3.65. The lowest BCUT2D eigenvalue weighted by Crippen LogP contribution is -2.58. The van der Waals surface area contributed by atoms with Crippen molar-refractivity contribution >= 4 is 11.4 Å². The van der Waals surface area contributed by atoms with E-state index in [9.17, 15) is 23.3 Å². The van der Waals surface area contributed by atoms with Gasteiger partial charge in [0.25, 0.3) is 5.69 Å². The molecule has 0 amide bonds. The number of anilines is 1. The van der Waals surface area contributed by atoms with E-state index in [0.717, 1.165) is 36.7 Å². The summed E-state index contributed by atoms with van der Waals surface area (Å²) in [4.78, 5) is 12.0. The number of hydrogen-bond acceptors (Lipinski definition) is 3. The molecule has 0 N–H and O–H groups in total. The summed E-state index contributed by atoms with van der Waals surface area (Å²) in [5.74, 6) is 0. The van der Waals surface area contributed by atoms with Crippen LogP contribution in [0.5, 0.6) is 0 Å². The van der Waals surface area contributed by atoms with Gasteiger partial charge in [-0.25, -0.2) is 0 Å². The van der Waals surface area contributed by atoms with Crippen LogP contribution >= 0.6 is 0 Å². The molecule has 0 radical (unpaired) electrons. The highest BCUT2D eigenvalue weighted by Crippen LogP contribution is 2.36. The molecule has 1 aromatic rings.